The lowest BCUT2D eigenvalue weighted by Gasteiger charge is -2.12. The summed E-state index contributed by atoms with van der Waals surface area (Å²) in [6.45, 7) is 2.55. The third-order valence-electron chi connectivity index (χ3n) is 2.65. The Bertz CT molecular complexity index is 370. The summed E-state index contributed by atoms with van der Waals surface area (Å²) in [5, 5.41) is 0. The quantitative estimate of drug-likeness (QED) is 0.847. The number of ether oxygens (including phenoxy) is 2. The van der Waals surface area contributed by atoms with Gasteiger partial charge in [0, 0.05) is 6.07 Å². The number of halogens is 2. The number of hydrogen-bond acceptors (Lipinski definition) is 2. The van der Waals surface area contributed by atoms with Gasteiger partial charge >= 0.3 is 0 Å². The monoisotopic (exact) mass is 288 g/mol. The van der Waals surface area contributed by atoms with Crippen molar-refractivity contribution < 1.29 is 13.9 Å². The van der Waals surface area contributed by atoms with Crippen molar-refractivity contribution >= 4 is 15.9 Å². The van der Waals surface area contributed by atoms with E-state index in [1.807, 2.05) is 0 Å². The summed E-state index contributed by atoms with van der Waals surface area (Å²) in [7, 11) is 0. The van der Waals surface area contributed by atoms with Crippen molar-refractivity contribution in [3.8, 4) is 5.75 Å². The zero-order valence-electron chi connectivity index (χ0n) is 9.08. The van der Waals surface area contributed by atoms with Crippen LogP contribution >= 0.6 is 15.9 Å². The molecule has 1 saturated heterocycles. The topological polar surface area (TPSA) is 18.5 Å². The number of benzene rings is 1. The molecule has 2 atom stereocenters. The first-order valence-electron chi connectivity index (χ1n) is 5.38. The largest absolute Gasteiger partial charge is 0.491 e. The molecule has 4 heteroatoms. The molecule has 2 rings (SSSR count). The third kappa shape index (κ3) is 2.95. The Morgan fingerprint density at radius 1 is 1.50 bits per heavy atom. The molecular formula is C12H14BrFO2. The van der Waals surface area contributed by atoms with Crippen LogP contribution < -0.4 is 4.74 Å². The first kappa shape index (κ1) is 11.9. The van der Waals surface area contributed by atoms with Gasteiger partial charge in [0.1, 0.15) is 18.2 Å². The molecule has 88 valence electrons. The normalized spacial score (nSPS) is 24.7. The van der Waals surface area contributed by atoms with Crippen LogP contribution in [0.4, 0.5) is 4.39 Å². The maximum atomic E-state index is 13.2. The minimum atomic E-state index is -0.307. The molecule has 1 fully saturated rings. The van der Waals surface area contributed by atoms with Crippen LogP contribution in [0.2, 0.25) is 0 Å². The first-order valence-corrected chi connectivity index (χ1v) is 6.18. The Hall–Kier alpha value is -0.610. The van der Waals surface area contributed by atoms with E-state index in [0.29, 0.717) is 22.9 Å². The van der Waals surface area contributed by atoms with E-state index in [9.17, 15) is 4.39 Å². The summed E-state index contributed by atoms with van der Waals surface area (Å²) in [6, 6.07) is 4.76. The summed E-state index contributed by atoms with van der Waals surface area (Å²) >= 11 is 3.10. The SMILES string of the molecule is CC1CCC(COc2ccc(Br)c(F)c2)O1. The van der Waals surface area contributed by atoms with E-state index in [1.165, 1.54) is 6.07 Å². The highest BCUT2D eigenvalue weighted by Gasteiger charge is 2.22. The zero-order chi connectivity index (χ0) is 11.5. The van der Waals surface area contributed by atoms with Crippen LogP contribution in [0.5, 0.6) is 5.75 Å². The highest BCUT2D eigenvalue weighted by Crippen LogP contribution is 2.23. The molecule has 0 N–H and O–H groups in total. The highest BCUT2D eigenvalue weighted by molar-refractivity contribution is 9.10. The standard InChI is InChI=1S/C12H14BrFO2/c1-8-2-3-10(16-8)7-15-9-4-5-11(13)12(14)6-9/h4-6,8,10H,2-3,7H2,1H3. The number of hydrogen-bond donors (Lipinski definition) is 0. The Labute approximate surface area is 103 Å². The van der Waals surface area contributed by atoms with Crippen molar-refractivity contribution in [2.24, 2.45) is 0 Å². The fraction of sp³-hybridized carbons (Fsp3) is 0.500. The van der Waals surface area contributed by atoms with E-state index in [4.69, 9.17) is 9.47 Å². The Morgan fingerprint density at radius 3 is 2.94 bits per heavy atom. The molecule has 1 aliphatic rings. The van der Waals surface area contributed by atoms with Crippen molar-refractivity contribution in [1.82, 2.24) is 0 Å². The van der Waals surface area contributed by atoms with Gasteiger partial charge in [-0.05, 0) is 47.8 Å². The maximum Gasteiger partial charge on any atom is 0.141 e. The summed E-state index contributed by atoms with van der Waals surface area (Å²) in [6.07, 6.45) is 2.54. The lowest BCUT2D eigenvalue weighted by atomic mass is 10.2. The van der Waals surface area contributed by atoms with E-state index in [0.717, 1.165) is 12.8 Å². The van der Waals surface area contributed by atoms with Crippen LogP contribution in [0.15, 0.2) is 22.7 Å². The minimum absolute atomic E-state index is 0.140. The van der Waals surface area contributed by atoms with E-state index in [-0.39, 0.29) is 11.9 Å². The molecule has 1 heterocycles. The van der Waals surface area contributed by atoms with Crippen LogP contribution in [0.25, 0.3) is 0 Å². The first-order chi connectivity index (χ1) is 7.65. The lowest BCUT2D eigenvalue weighted by Crippen LogP contribution is -2.17. The van der Waals surface area contributed by atoms with E-state index in [2.05, 4.69) is 22.9 Å². The van der Waals surface area contributed by atoms with Crippen molar-refractivity contribution in [3.63, 3.8) is 0 Å². The Morgan fingerprint density at radius 2 is 2.31 bits per heavy atom. The molecule has 0 aromatic heterocycles. The van der Waals surface area contributed by atoms with Gasteiger partial charge < -0.3 is 9.47 Å². The predicted molar refractivity (Wildman–Crippen MR) is 63.2 cm³/mol. The molecule has 16 heavy (non-hydrogen) atoms. The molecule has 1 aliphatic heterocycles. The molecule has 0 aliphatic carbocycles. The van der Waals surface area contributed by atoms with Gasteiger partial charge in [0.25, 0.3) is 0 Å². The van der Waals surface area contributed by atoms with Crippen LogP contribution in [-0.2, 0) is 4.74 Å². The van der Waals surface area contributed by atoms with Crippen LogP contribution in [0, 0.1) is 5.82 Å². The Kier molecular flexibility index (Phi) is 3.82. The molecule has 0 spiro atoms. The van der Waals surface area contributed by atoms with Crippen molar-refractivity contribution in [2.75, 3.05) is 6.61 Å². The molecule has 0 bridgehead atoms. The van der Waals surface area contributed by atoms with Gasteiger partial charge in [-0.2, -0.15) is 0 Å². The number of rotatable bonds is 3. The fourth-order valence-electron chi connectivity index (χ4n) is 1.76. The minimum Gasteiger partial charge on any atom is -0.491 e. The van der Waals surface area contributed by atoms with Gasteiger partial charge in [-0.25, -0.2) is 4.39 Å². The fourth-order valence-corrected chi connectivity index (χ4v) is 2.01. The highest BCUT2D eigenvalue weighted by atomic mass is 79.9. The van der Waals surface area contributed by atoms with Gasteiger partial charge in [-0.1, -0.05) is 0 Å². The second kappa shape index (κ2) is 5.15. The van der Waals surface area contributed by atoms with Gasteiger partial charge in [0.05, 0.1) is 16.7 Å². The van der Waals surface area contributed by atoms with Crippen LogP contribution in [0.1, 0.15) is 19.8 Å². The third-order valence-corrected chi connectivity index (χ3v) is 3.29. The summed E-state index contributed by atoms with van der Waals surface area (Å²) in [5.74, 6) is 0.238. The predicted octanol–water partition coefficient (Wildman–Crippen LogP) is 3.53. The van der Waals surface area contributed by atoms with Crippen molar-refractivity contribution in [3.05, 3.63) is 28.5 Å². The summed E-state index contributed by atoms with van der Waals surface area (Å²) in [5.41, 5.74) is 0. The van der Waals surface area contributed by atoms with Crippen LogP contribution in [0.3, 0.4) is 0 Å². The summed E-state index contributed by atoms with van der Waals surface area (Å²) in [4.78, 5) is 0. The molecule has 0 amide bonds. The average molecular weight is 289 g/mol. The van der Waals surface area contributed by atoms with E-state index < -0.39 is 0 Å². The van der Waals surface area contributed by atoms with Crippen LogP contribution in [-0.4, -0.2) is 18.8 Å². The molecule has 2 nitrogen and oxygen atoms in total. The van der Waals surface area contributed by atoms with Gasteiger partial charge in [-0.15, -0.1) is 0 Å². The molecule has 2 unspecified atom stereocenters. The summed E-state index contributed by atoms with van der Waals surface area (Å²) < 4.78 is 24.7. The molecule has 1 aromatic rings. The second-order valence-corrected chi connectivity index (χ2v) is 4.89. The smallest absolute Gasteiger partial charge is 0.141 e. The van der Waals surface area contributed by atoms with Gasteiger partial charge in [-0.3, -0.25) is 0 Å². The lowest BCUT2D eigenvalue weighted by molar-refractivity contribution is 0.0264. The molecule has 0 radical (unpaired) electrons. The molecular weight excluding hydrogens is 275 g/mol. The van der Waals surface area contributed by atoms with Crippen molar-refractivity contribution in [2.45, 2.75) is 32.0 Å². The molecule has 0 saturated carbocycles. The second-order valence-electron chi connectivity index (χ2n) is 4.03. The van der Waals surface area contributed by atoms with Gasteiger partial charge in [0.2, 0.25) is 0 Å². The van der Waals surface area contributed by atoms with E-state index in [1.54, 1.807) is 12.1 Å². The average Bonchev–Trinajstić information content (AvgIpc) is 2.66. The van der Waals surface area contributed by atoms with Crippen molar-refractivity contribution in [1.29, 1.82) is 0 Å². The molecule has 1 aromatic carbocycles. The zero-order valence-corrected chi connectivity index (χ0v) is 10.7. The van der Waals surface area contributed by atoms with E-state index >= 15 is 0 Å². The van der Waals surface area contributed by atoms with Gasteiger partial charge in [0.15, 0.2) is 0 Å². The maximum absolute atomic E-state index is 13.2. The Balaban J connectivity index is 1.87.